The molecule has 0 aliphatic heterocycles. The number of nitrogens with one attached hydrogen (secondary N) is 1. The van der Waals surface area contributed by atoms with Crippen LogP contribution in [0.15, 0.2) is 24.4 Å². The molecule has 0 radical (unpaired) electrons. The molecule has 1 atom stereocenters. The van der Waals surface area contributed by atoms with Crippen LogP contribution in [0.4, 0.5) is 0 Å². The number of aromatic nitrogens is 3. The summed E-state index contributed by atoms with van der Waals surface area (Å²) in [5, 5.41) is 11.8. The Morgan fingerprint density at radius 3 is 3.12 bits per heavy atom. The molecule has 84 valence electrons. The van der Waals surface area contributed by atoms with Crippen molar-refractivity contribution in [3.63, 3.8) is 0 Å². The average molecular weight is 216 g/mol. The molecule has 0 bridgehead atoms. The van der Waals surface area contributed by atoms with Crippen molar-refractivity contribution in [3.8, 4) is 0 Å². The zero-order chi connectivity index (χ0) is 11.0. The van der Waals surface area contributed by atoms with Crippen LogP contribution in [0.1, 0.15) is 25.6 Å². The lowest BCUT2D eigenvalue weighted by molar-refractivity contribution is 0.486. The summed E-state index contributed by atoms with van der Waals surface area (Å²) in [5.74, 6) is 1.86. The maximum Gasteiger partial charge on any atom is 0.160 e. The highest BCUT2D eigenvalue weighted by atomic mass is 15.3. The summed E-state index contributed by atoms with van der Waals surface area (Å²) in [6, 6.07) is 6.55. The third kappa shape index (κ3) is 1.80. The zero-order valence-corrected chi connectivity index (χ0v) is 9.43. The SMILES string of the molecule is CC(NCc1nnc2ccccn12)C1CC1. The van der Waals surface area contributed by atoms with Crippen LogP contribution in [-0.2, 0) is 6.54 Å². The Balaban J connectivity index is 1.73. The fraction of sp³-hybridized carbons (Fsp3) is 0.500. The monoisotopic (exact) mass is 216 g/mol. The smallest absolute Gasteiger partial charge is 0.160 e. The first kappa shape index (κ1) is 9.78. The molecular weight excluding hydrogens is 200 g/mol. The summed E-state index contributed by atoms with van der Waals surface area (Å²) in [7, 11) is 0. The number of rotatable bonds is 4. The van der Waals surface area contributed by atoms with E-state index < -0.39 is 0 Å². The summed E-state index contributed by atoms with van der Waals surface area (Å²) < 4.78 is 2.03. The van der Waals surface area contributed by atoms with E-state index in [2.05, 4.69) is 22.4 Å². The highest BCUT2D eigenvalue weighted by Crippen LogP contribution is 2.32. The Morgan fingerprint density at radius 2 is 2.31 bits per heavy atom. The van der Waals surface area contributed by atoms with Crippen molar-refractivity contribution < 1.29 is 0 Å². The summed E-state index contributed by atoms with van der Waals surface area (Å²) in [6.45, 7) is 3.05. The van der Waals surface area contributed by atoms with Crippen molar-refractivity contribution in [3.05, 3.63) is 30.2 Å². The number of nitrogens with zero attached hydrogens (tertiary/aromatic N) is 3. The molecule has 0 aromatic carbocycles. The van der Waals surface area contributed by atoms with Gasteiger partial charge in [0, 0.05) is 12.2 Å². The van der Waals surface area contributed by atoms with Gasteiger partial charge in [0.25, 0.3) is 0 Å². The maximum absolute atomic E-state index is 4.20. The third-order valence-electron chi connectivity index (χ3n) is 3.30. The van der Waals surface area contributed by atoms with E-state index in [9.17, 15) is 0 Å². The molecule has 0 saturated heterocycles. The fourth-order valence-electron chi connectivity index (χ4n) is 2.03. The van der Waals surface area contributed by atoms with E-state index in [4.69, 9.17) is 0 Å². The first-order chi connectivity index (χ1) is 7.84. The minimum atomic E-state index is 0.594. The van der Waals surface area contributed by atoms with Crippen molar-refractivity contribution in [1.29, 1.82) is 0 Å². The van der Waals surface area contributed by atoms with Crippen molar-refractivity contribution in [2.45, 2.75) is 32.4 Å². The molecule has 16 heavy (non-hydrogen) atoms. The van der Waals surface area contributed by atoms with Gasteiger partial charge in [-0.25, -0.2) is 0 Å². The summed E-state index contributed by atoms with van der Waals surface area (Å²) in [5.41, 5.74) is 0.915. The van der Waals surface area contributed by atoms with Crippen molar-refractivity contribution in [2.75, 3.05) is 0 Å². The van der Waals surface area contributed by atoms with Gasteiger partial charge in [-0.15, -0.1) is 10.2 Å². The Hall–Kier alpha value is -1.42. The third-order valence-corrected chi connectivity index (χ3v) is 3.30. The Kier molecular flexibility index (Phi) is 2.36. The van der Waals surface area contributed by atoms with Gasteiger partial charge in [0.15, 0.2) is 11.5 Å². The molecule has 1 aliphatic carbocycles. The van der Waals surface area contributed by atoms with Crippen LogP contribution >= 0.6 is 0 Å². The lowest BCUT2D eigenvalue weighted by Gasteiger charge is -2.11. The van der Waals surface area contributed by atoms with E-state index >= 15 is 0 Å². The Morgan fingerprint density at radius 1 is 1.44 bits per heavy atom. The van der Waals surface area contributed by atoms with Gasteiger partial charge in [0.2, 0.25) is 0 Å². The van der Waals surface area contributed by atoms with E-state index in [1.165, 1.54) is 12.8 Å². The summed E-state index contributed by atoms with van der Waals surface area (Å²) in [6.07, 6.45) is 4.75. The van der Waals surface area contributed by atoms with Crippen LogP contribution in [0.5, 0.6) is 0 Å². The normalized spacial score (nSPS) is 17.8. The molecule has 4 heteroatoms. The Bertz CT molecular complexity index is 486. The van der Waals surface area contributed by atoms with Gasteiger partial charge in [0.05, 0.1) is 6.54 Å². The molecule has 2 aromatic rings. The molecule has 1 aliphatic rings. The molecule has 1 fully saturated rings. The average Bonchev–Trinajstić information content (AvgIpc) is 3.08. The predicted molar refractivity (Wildman–Crippen MR) is 62.0 cm³/mol. The molecule has 1 unspecified atom stereocenters. The van der Waals surface area contributed by atoms with Gasteiger partial charge in [-0.05, 0) is 37.8 Å². The molecule has 0 spiro atoms. The maximum atomic E-state index is 4.20. The molecule has 3 rings (SSSR count). The molecule has 2 heterocycles. The largest absolute Gasteiger partial charge is 0.307 e. The molecule has 4 nitrogen and oxygen atoms in total. The minimum Gasteiger partial charge on any atom is -0.307 e. The van der Waals surface area contributed by atoms with E-state index in [0.29, 0.717) is 6.04 Å². The zero-order valence-electron chi connectivity index (χ0n) is 9.43. The van der Waals surface area contributed by atoms with Crippen molar-refractivity contribution in [2.24, 2.45) is 5.92 Å². The quantitative estimate of drug-likeness (QED) is 0.844. The van der Waals surface area contributed by atoms with Crippen LogP contribution in [0.3, 0.4) is 0 Å². The fourth-order valence-corrected chi connectivity index (χ4v) is 2.03. The van der Waals surface area contributed by atoms with Gasteiger partial charge in [-0.3, -0.25) is 4.40 Å². The Labute approximate surface area is 94.7 Å². The number of pyridine rings is 1. The van der Waals surface area contributed by atoms with Gasteiger partial charge in [0.1, 0.15) is 0 Å². The van der Waals surface area contributed by atoms with Crippen molar-refractivity contribution in [1.82, 2.24) is 19.9 Å². The predicted octanol–water partition coefficient (Wildman–Crippen LogP) is 1.62. The van der Waals surface area contributed by atoms with E-state index in [1.807, 2.05) is 28.8 Å². The summed E-state index contributed by atoms with van der Waals surface area (Å²) >= 11 is 0. The molecular formula is C12H16N4. The first-order valence-electron chi connectivity index (χ1n) is 5.86. The number of fused-ring (bicyclic) bond motifs is 1. The van der Waals surface area contributed by atoms with Crippen LogP contribution < -0.4 is 5.32 Å². The summed E-state index contributed by atoms with van der Waals surface area (Å²) in [4.78, 5) is 0. The highest BCUT2D eigenvalue weighted by molar-refractivity contribution is 5.36. The lowest BCUT2D eigenvalue weighted by Crippen LogP contribution is -2.28. The lowest BCUT2D eigenvalue weighted by atomic mass is 10.2. The second-order valence-electron chi connectivity index (χ2n) is 4.55. The van der Waals surface area contributed by atoms with E-state index in [0.717, 1.165) is 23.9 Å². The second-order valence-corrected chi connectivity index (χ2v) is 4.55. The second kappa shape index (κ2) is 3.87. The first-order valence-corrected chi connectivity index (χ1v) is 5.86. The van der Waals surface area contributed by atoms with Crippen molar-refractivity contribution >= 4 is 5.65 Å². The molecule has 2 aromatic heterocycles. The van der Waals surface area contributed by atoms with Crippen LogP contribution in [-0.4, -0.2) is 20.6 Å². The number of hydrogen-bond acceptors (Lipinski definition) is 3. The van der Waals surface area contributed by atoms with Gasteiger partial charge in [-0.2, -0.15) is 0 Å². The highest BCUT2D eigenvalue weighted by Gasteiger charge is 2.27. The van der Waals surface area contributed by atoms with E-state index in [-0.39, 0.29) is 0 Å². The van der Waals surface area contributed by atoms with Gasteiger partial charge >= 0.3 is 0 Å². The van der Waals surface area contributed by atoms with Crippen LogP contribution in [0.25, 0.3) is 5.65 Å². The topological polar surface area (TPSA) is 42.2 Å². The van der Waals surface area contributed by atoms with Crippen LogP contribution in [0, 0.1) is 5.92 Å². The van der Waals surface area contributed by atoms with Crippen LogP contribution in [0.2, 0.25) is 0 Å². The van der Waals surface area contributed by atoms with Gasteiger partial charge < -0.3 is 5.32 Å². The minimum absolute atomic E-state index is 0.594. The number of hydrogen-bond donors (Lipinski definition) is 1. The molecule has 1 saturated carbocycles. The van der Waals surface area contributed by atoms with Gasteiger partial charge in [-0.1, -0.05) is 6.07 Å². The molecule has 1 N–H and O–H groups in total. The molecule has 0 amide bonds. The standard InChI is InChI=1S/C12H16N4/c1-9(10-5-6-10)13-8-12-15-14-11-4-2-3-7-16(11)12/h2-4,7,9-10,13H,5-6,8H2,1H3. The van der Waals surface area contributed by atoms with E-state index in [1.54, 1.807) is 0 Å².